The average molecular weight is 426 g/mol. The number of nitrogens with one attached hydrogen (secondary N) is 1. The van der Waals surface area contributed by atoms with Gasteiger partial charge < -0.3 is 15.0 Å². The lowest BCUT2D eigenvalue weighted by Crippen LogP contribution is -2.45. The van der Waals surface area contributed by atoms with Crippen molar-refractivity contribution in [2.75, 3.05) is 25.0 Å². The number of hydrogen-bond donors (Lipinski definition) is 1. The fraction of sp³-hybridized carbons (Fsp3) is 0.526. The first-order valence-corrected chi connectivity index (χ1v) is 9.56. The van der Waals surface area contributed by atoms with E-state index >= 15 is 0 Å². The average Bonchev–Trinajstić information content (AvgIpc) is 2.66. The van der Waals surface area contributed by atoms with E-state index in [9.17, 15) is 24.5 Å². The van der Waals surface area contributed by atoms with Crippen LogP contribution in [0.4, 0.5) is 11.4 Å². The molecule has 0 bridgehead atoms. The SMILES string of the molecule is CC(C)(C)C(=O)N1CCC(C(=O)OCC(=O)Nc2cc([N+](=O)[O-])ccc2Cl)CC1. The van der Waals surface area contributed by atoms with E-state index in [2.05, 4.69) is 5.32 Å². The van der Waals surface area contributed by atoms with E-state index in [1.807, 2.05) is 20.8 Å². The highest BCUT2D eigenvalue weighted by Crippen LogP contribution is 2.27. The quantitative estimate of drug-likeness (QED) is 0.440. The van der Waals surface area contributed by atoms with Gasteiger partial charge in [-0.15, -0.1) is 0 Å². The van der Waals surface area contributed by atoms with Crippen molar-refractivity contribution < 1.29 is 24.0 Å². The number of non-ortho nitro benzene ring substituents is 1. The standard InChI is InChI=1S/C19H24ClN3O6/c1-19(2,3)18(26)22-8-6-12(7-9-22)17(25)29-11-16(24)21-15-10-13(23(27)28)4-5-14(15)20/h4-5,10,12H,6-9,11H2,1-3H3,(H,21,24). The number of carbonyl (C=O) groups excluding carboxylic acids is 3. The largest absolute Gasteiger partial charge is 0.455 e. The van der Waals surface area contributed by atoms with Gasteiger partial charge in [-0.25, -0.2) is 0 Å². The molecule has 1 N–H and O–H groups in total. The predicted octanol–water partition coefficient (Wildman–Crippen LogP) is 3.01. The molecule has 29 heavy (non-hydrogen) atoms. The van der Waals surface area contributed by atoms with Gasteiger partial charge in [-0.2, -0.15) is 0 Å². The van der Waals surface area contributed by atoms with Gasteiger partial charge in [0.15, 0.2) is 6.61 Å². The fourth-order valence-electron chi connectivity index (χ4n) is 2.96. The zero-order valence-corrected chi connectivity index (χ0v) is 17.3. The molecule has 0 radical (unpaired) electrons. The van der Waals surface area contributed by atoms with E-state index in [1.165, 1.54) is 12.1 Å². The zero-order valence-electron chi connectivity index (χ0n) is 16.6. The summed E-state index contributed by atoms with van der Waals surface area (Å²) in [4.78, 5) is 48.5. The molecule has 1 aliphatic heterocycles. The minimum Gasteiger partial charge on any atom is -0.455 e. The summed E-state index contributed by atoms with van der Waals surface area (Å²) in [5, 5.41) is 13.3. The van der Waals surface area contributed by atoms with Gasteiger partial charge in [0, 0.05) is 30.6 Å². The van der Waals surface area contributed by atoms with Gasteiger partial charge in [-0.05, 0) is 18.9 Å². The minimum atomic E-state index is -0.652. The summed E-state index contributed by atoms with van der Waals surface area (Å²) in [6.45, 7) is 5.95. The van der Waals surface area contributed by atoms with Crippen LogP contribution < -0.4 is 5.32 Å². The third-order valence-corrected chi connectivity index (χ3v) is 4.87. The number of amides is 2. The molecule has 0 saturated carbocycles. The fourth-order valence-corrected chi connectivity index (χ4v) is 3.12. The van der Waals surface area contributed by atoms with E-state index in [4.69, 9.17) is 16.3 Å². The first-order valence-electron chi connectivity index (χ1n) is 9.19. The number of anilines is 1. The van der Waals surface area contributed by atoms with Gasteiger partial charge >= 0.3 is 5.97 Å². The number of nitrogens with zero attached hydrogens (tertiary/aromatic N) is 2. The maximum atomic E-state index is 12.3. The monoisotopic (exact) mass is 425 g/mol. The molecule has 0 unspecified atom stereocenters. The number of esters is 1. The summed E-state index contributed by atoms with van der Waals surface area (Å²) < 4.78 is 5.06. The van der Waals surface area contributed by atoms with E-state index in [0.29, 0.717) is 25.9 Å². The molecule has 9 nitrogen and oxygen atoms in total. The highest BCUT2D eigenvalue weighted by atomic mass is 35.5. The van der Waals surface area contributed by atoms with Crippen molar-refractivity contribution in [3.8, 4) is 0 Å². The lowest BCUT2D eigenvalue weighted by atomic mass is 9.91. The second-order valence-corrected chi connectivity index (χ2v) is 8.30. The molecule has 1 aromatic carbocycles. The van der Waals surface area contributed by atoms with Crippen molar-refractivity contribution in [2.45, 2.75) is 33.6 Å². The van der Waals surface area contributed by atoms with Crippen LogP contribution in [0.25, 0.3) is 0 Å². The van der Waals surface area contributed by atoms with Crippen LogP contribution in [0.3, 0.4) is 0 Å². The van der Waals surface area contributed by atoms with Gasteiger partial charge in [-0.1, -0.05) is 32.4 Å². The van der Waals surface area contributed by atoms with Gasteiger partial charge in [-0.3, -0.25) is 24.5 Å². The molecular weight excluding hydrogens is 402 g/mol. The number of rotatable bonds is 5. The number of piperidine rings is 1. The molecule has 0 aliphatic carbocycles. The van der Waals surface area contributed by atoms with Crippen LogP contribution in [0.1, 0.15) is 33.6 Å². The van der Waals surface area contributed by atoms with Gasteiger partial charge in [0.1, 0.15) is 0 Å². The second kappa shape index (κ2) is 9.21. The van der Waals surface area contributed by atoms with Crippen molar-refractivity contribution in [1.82, 2.24) is 4.90 Å². The number of nitro groups is 1. The maximum absolute atomic E-state index is 12.3. The Hall–Kier alpha value is -2.68. The molecule has 1 aromatic rings. The topological polar surface area (TPSA) is 119 Å². The number of halogens is 1. The molecule has 1 aliphatic rings. The lowest BCUT2D eigenvalue weighted by molar-refractivity contribution is -0.384. The van der Waals surface area contributed by atoms with Crippen molar-refractivity contribution >= 4 is 40.8 Å². The number of hydrogen-bond acceptors (Lipinski definition) is 6. The third-order valence-electron chi connectivity index (χ3n) is 4.54. The van der Waals surface area contributed by atoms with Crippen LogP contribution in [-0.2, 0) is 19.1 Å². The Morgan fingerprint density at radius 1 is 1.28 bits per heavy atom. The van der Waals surface area contributed by atoms with E-state index in [1.54, 1.807) is 4.90 Å². The molecule has 2 amide bonds. The molecule has 158 valence electrons. The van der Waals surface area contributed by atoms with Crippen molar-refractivity contribution in [3.63, 3.8) is 0 Å². The molecule has 0 atom stereocenters. The van der Waals surface area contributed by atoms with Crippen LogP contribution in [0.2, 0.25) is 5.02 Å². The Morgan fingerprint density at radius 2 is 1.90 bits per heavy atom. The smallest absolute Gasteiger partial charge is 0.309 e. The Balaban J connectivity index is 1.83. The van der Waals surface area contributed by atoms with E-state index in [-0.39, 0.29) is 28.2 Å². The van der Waals surface area contributed by atoms with E-state index < -0.39 is 28.8 Å². The van der Waals surface area contributed by atoms with Gasteiger partial charge in [0.25, 0.3) is 11.6 Å². The molecule has 2 rings (SSSR count). The summed E-state index contributed by atoms with van der Waals surface area (Å²) in [6, 6.07) is 3.65. The molecule has 1 fully saturated rings. The van der Waals surface area contributed by atoms with Crippen LogP contribution in [-0.4, -0.2) is 47.3 Å². The first-order chi connectivity index (χ1) is 13.5. The second-order valence-electron chi connectivity index (χ2n) is 7.89. The Morgan fingerprint density at radius 3 is 2.45 bits per heavy atom. The van der Waals surface area contributed by atoms with E-state index in [0.717, 1.165) is 6.07 Å². The van der Waals surface area contributed by atoms with Crippen LogP contribution in [0, 0.1) is 21.4 Å². The van der Waals surface area contributed by atoms with Crippen molar-refractivity contribution in [2.24, 2.45) is 11.3 Å². The molecule has 1 heterocycles. The predicted molar refractivity (Wildman–Crippen MR) is 106 cm³/mol. The van der Waals surface area contributed by atoms with Crippen molar-refractivity contribution in [3.05, 3.63) is 33.3 Å². The lowest BCUT2D eigenvalue weighted by Gasteiger charge is -2.34. The summed E-state index contributed by atoms with van der Waals surface area (Å²) in [7, 11) is 0. The normalized spacial score (nSPS) is 15.0. The number of ether oxygens (including phenoxy) is 1. The minimum absolute atomic E-state index is 0.0394. The van der Waals surface area contributed by atoms with Gasteiger partial charge in [0.05, 0.1) is 21.6 Å². The molecular formula is C19H24ClN3O6. The number of benzene rings is 1. The number of likely N-dealkylation sites (tertiary alicyclic amines) is 1. The first kappa shape index (κ1) is 22.6. The van der Waals surface area contributed by atoms with Crippen molar-refractivity contribution in [1.29, 1.82) is 0 Å². The maximum Gasteiger partial charge on any atom is 0.309 e. The highest BCUT2D eigenvalue weighted by Gasteiger charge is 2.33. The third kappa shape index (κ3) is 6.15. The highest BCUT2D eigenvalue weighted by molar-refractivity contribution is 6.33. The Labute approximate surface area is 173 Å². The molecule has 0 aromatic heterocycles. The van der Waals surface area contributed by atoms with Gasteiger partial charge in [0.2, 0.25) is 5.91 Å². The molecule has 10 heteroatoms. The molecule has 0 spiro atoms. The Bertz CT molecular complexity index is 813. The molecule has 1 saturated heterocycles. The number of carbonyl (C=O) groups is 3. The van der Waals surface area contributed by atoms with Crippen LogP contribution in [0.5, 0.6) is 0 Å². The zero-order chi connectivity index (χ0) is 21.8. The summed E-state index contributed by atoms with van der Waals surface area (Å²) in [6.07, 6.45) is 0.942. The number of nitro benzene ring substituents is 1. The summed E-state index contributed by atoms with van der Waals surface area (Å²) >= 11 is 5.92. The van der Waals surface area contributed by atoms with Crippen LogP contribution >= 0.6 is 11.6 Å². The summed E-state index contributed by atoms with van der Waals surface area (Å²) in [5.41, 5.74) is -0.631. The Kier molecular flexibility index (Phi) is 7.18. The van der Waals surface area contributed by atoms with Crippen LogP contribution in [0.15, 0.2) is 18.2 Å². The summed E-state index contributed by atoms with van der Waals surface area (Å²) in [5.74, 6) is -1.50.